The average Bonchev–Trinajstić information content (AvgIpc) is 2.92. The van der Waals surface area contributed by atoms with Gasteiger partial charge in [0.15, 0.2) is 12.4 Å². The summed E-state index contributed by atoms with van der Waals surface area (Å²) in [7, 11) is 3.93. The fraction of sp³-hybridized carbons (Fsp3) is 0.258. The molecule has 41 heavy (non-hydrogen) atoms. The lowest BCUT2D eigenvalue weighted by Crippen LogP contribution is -2.44. The molecule has 0 aliphatic carbocycles. The van der Waals surface area contributed by atoms with Crippen LogP contribution in [0.4, 0.5) is 18.9 Å². The number of rotatable bonds is 5. The van der Waals surface area contributed by atoms with Crippen LogP contribution < -0.4 is 5.32 Å². The Labute approximate surface area is 241 Å². The van der Waals surface area contributed by atoms with E-state index in [0.717, 1.165) is 30.3 Å². The Balaban J connectivity index is 1.32. The van der Waals surface area contributed by atoms with Gasteiger partial charge in [0, 0.05) is 73.1 Å². The van der Waals surface area contributed by atoms with Crippen molar-refractivity contribution in [2.45, 2.75) is 12.7 Å². The standard InChI is InChI=1S/C31H27ClF3N5O/c1-38-9-11-40(12-10-38)20-24-5-7-27(15-28(24)31(33,34)35)37-30(41)23-6-8-29(32)22(14-23)4-3-21-13-25(17-36-16-21)26-18-39(2)19-26/h5-8,13-19H,9-12,20H2,1-2H3/p+1. The second kappa shape index (κ2) is 11.9. The molecular weight excluding hydrogens is 551 g/mol. The molecule has 0 bridgehead atoms. The van der Waals surface area contributed by atoms with E-state index in [-0.39, 0.29) is 23.4 Å². The Morgan fingerprint density at radius 2 is 1.83 bits per heavy atom. The molecular formula is C31H28ClF3N5O+. The third-order valence-electron chi connectivity index (χ3n) is 6.99. The minimum Gasteiger partial charge on any atom is -0.322 e. The molecule has 1 N–H and O–H groups in total. The van der Waals surface area contributed by atoms with Crippen molar-refractivity contribution < 1.29 is 22.5 Å². The Kier molecular flexibility index (Phi) is 8.27. The number of halogens is 4. The van der Waals surface area contributed by atoms with Crippen LogP contribution in [0.2, 0.25) is 5.02 Å². The molecule has 2 aromatic carbocycles. The van der Waals surface area contributed by atoms with E-state index in [2.05, 4.69) is 27.0 Å². The van der Waals surface area contributed by atoms with Gasteiger partial charge in [0.05, 0.1) is 10.6 Å². The quantitative estimate of drug-likeness (QED) is 0.333. The Morgan fingerprint density at radius 1 is 1.07 bits per heavy atom. The van der Waals surface area contributed by atoms with E-state index in [9.17, 15) is 18.0 Å². The van der Waals surface area contributed by atoms with Gasteiger partial charge >= 0.3 is 6.18 Å². The largest absolute Gasteiger partial charge is 0.416 e. The summed E-state index contributed by atoms with van der Waals surface area (Å²) in [6.45, 7) is 3.21. The molecule has 5 rings (SSSR count). The van der Waals surface area contributed by atoms with Crippen molar-refractivity contribution in [1.29, 1.82) is 0 Å². The van der Waals surface area contributed by atoms with E-state index < -0.39 is 17.6 Å². The first kappa shape index (κ1) is 28.6. The van der Waals surface area contributed by atoms with Crippen LogP contribution >= 0.6 is 11.6 Å². The van der Waals surface area contributed by atoms with E-state index in [1.807, 2.05) is 42.1 Å². The second-order valence-corrected chi connectivity index (χ2v) is 10.6. The fourth-order valence-corrected chi connectivity index (χ4v) is 4.82. The average molecular weight is 579 g/mol. The third-order valence-corrected chi connectivity index (χ3v) is 7.32. The summed E-state index contributed by atoms with van der Waals surface area (Å²) in [6.07, 6.45) is 2.79. The number of pyridine rings is 1. The summed E-state index contributed by atoms with van der Waals surface area (Å²) in [5.41, 5.74) is 2.77. The first-order chi connectivity index (χ1) is 19.5. The van der Waals surface area contributed by atoms with Crippen LogP contribution in [0.3, 0.4) is 0 Å². The van der Waals surface area contributed by atoms with E-state index in [0.29, 0.717) is 29.2 Å². The number of aromatic nitrogens is 1. The third kappa shape index (κ3) is 7.03. The molecule has 0 spiro atoms. The van der Waals surface area contributed by atoms with Gasteiger partial charge in [-0.05, 0) is 49.0 Å². The van der Waals surface area contributed by atoms with Crippen LogP contribution in [-0.2, 0) is 12.7 Å². The van der Waals surface area contributed by atoms with Gasteiger partial charge in [0.2, 0.25) is 0 Å². The number of piperazine rings is 1. The highest BCUT2D eigenvalue weighted by atomic mass is 35.5. The Hall–Kier alpha value is -3.97. The fourth-order valence-electron chi connectivity index (χ4n) is 4.65. The molecule has 1 amide bonds. The minimum absolute atomic E-state index is 0.0580. The Bertz CT molecular complexity index is 1610. The van der Waals surface area contributed by atoms with Gasteiger partial charge in [-0.15, -0.1) is 0 Å². The van der Waals surface area contributed by atoms with Crippen molar-refractivity contribution >= 4 is 35.0 Å². The van der Waals surface area contributed by atoms with Crippen molar-refractivity contribution in [3.05, 3.63) is 99.5 Å². The molecule has 0 atom stereocenters. The monoisotopic (exact) mass is 578 g/mol. The predicted molar refractivity (Wildman–Crippen MR) is 154 cm³/mol. The van der Waals surface area contributed by atoms with Gasteiger partial charge in [-0.25, -0.2) is 4.58 Å². The highest BCUT2D eigenvalue weighted by Gasteiger charge is 2.34. The topological polar surface area (TPSA) is 51.5 Å². The highest BCUT2D eigenvalue weighted by molar-refractivity contribution is 6.32. The maximum atomic E-state index is 14.0. The van der Waals surface area contributed by atoms with Crippen LogP contribution in [0.5, 0.6) is 0 Å². The minimum atomic E-state index is -4.55. The maximum Gasteiger partial charge on any atom is 0.416 e. The summed E-state index contributed by atoms with van der Waals surface area (Å²) in [5, 5.41) is 2.94. The molecule has 1 fully saturated rings. The number of hydrogen-bond donors (Lipinski definition) is 1. The van der Waals surface area contributed by atoms with Crippen molar-refractivity contribution in [1.82, 2.24) is 14.8 Å². The van der Waals surface area contributed by atoms with Crippen molar-refractivity contribution in [2.75, 3.05) is 45.6 Å². The van der Waals surface area contributed by atoms with Gasteiger partial charge in [-0.2, -0.15) is 13.2 Å². The molecule has 0 saturated carbocycles. The first-order valence-electron chi connectivity index (χ1n) is 13.0. The number of nitrogens with one attached hydrogen (secondary N) is 1. The zero-order chi connectivity index (χ0) is 29.1. The molecule has 10 heteroatoms. The number of carbonyl (C=O) groups is 1. The van der Waals surface area contributed by atoms with Crippen LogP contribution in [0.15, 0.2) is 61.1 Å². The molecule has 1 aromatic heterocycles. The number of benzene rings is 2. The molecule has 210 valence electrons. The molecule has 2 aliphatic rings. The summed E-state index contributed by atoms with van der Waals surface area (Å²) in [5.74, 6) is 5.44. The summed E-state index contributed by atoms with van der Waals surface area (Å²) < 4.78 is 43.8. The molecule has 0 unspecified atom stereocenters. The molecule has 3 aromatic rings. The molecule has 0 radical (unpaired) electrons. The number of likely N-dealkylation sites (N-methyl/N-ethyl adjacent to an activating group) is 1. The maximum absolute atomic E-state index is 14.0. The van der Waals surface area contributed by atoms with Gasteiger partial charge in [0.1, 0.15) is 12.6 Å². The zero-order valence-electron chi connectivity index (χ0n) is 22.6. The lowest BCUT2D eigenvalue weighted by molar-refractivity contribution is -0.423. The van der Waals surface area contributed by atoms with E-state index in [1.165, 1.54) is 24.3 Å². The van der Waals surface area contributed by atoms with Crippen LogP contribution in [-0.4, -0.2) is 71.8 Å². The van der Waals surface area contributed by atoms with Crippen molar-refractivity contribution in [3.8, 4) is 11.8 Å². The van der Waals surface area contributed by atoms with Gasteiger partial charge < -0.3 is 10.2 Å². The summed E-state index contributed by atoms with van der Waals surface area (Å²) in [6, 6.07) is 10.4. The molecule has 6 nitrogen and oxygen atoms in total. The van der Waals surface area contributed by atoms with E-state index >= 15 is 0 Å². The SMILES string of the molecule is CN1CCN(Cc2ccc(NC(=O)c3ccc(Cl)c(C#Cc4cncc(C5=C[N+](C)=C5)c4)c3)cc2C(F)(F)F)CC1. The first-order valence-corrected chi connectivity index (χ1v) is 13.4. The Morgan fingerprint density at radius 3 is 2.54 bits per heavy atom. The van der Waals surface area contributed by atoms with Crippen LogP contribution in [0.25, 0.3) is 5.57 Å². The van der Waals surface area contributed by atoms with Gasteiger partial charge in [-0.3, -0.25) is 14.7 Å². The lowest BCUT2D eigenvalue weighted by atomic mass is 10.0. The number of alkyl halides is 3. The number of allylic oxidation sites excluding steroid dienone is 1. The van der Waals surface area contributed by atoms with Crippen LogP contribution in [0, 0.1) is 11.8 Å². The van der Waals surface area contributed by atoms with E-state index in [1.54, 1.807) is 18.5 Å². The smallest absolute Gasteiger partial charge is 0.322 e. The molecule has 1 saturated heterocycles. The number of hydrogen-bond acceptors (Lipinski definition) is 4. The molecule has 3 heterocycles. The number of anilines is 1. The van der Waals surface area contributed by atoms with Crippen LogP contribution in [0.1, 0.15) is 38.2 Å². The number of amides is 1. The highest BCUT2D eigenvalue weighted by Crippen LogP contribution is 2.35. The van der Waals surface area contributed by atoms with E-state index in [4.69, 9.17) is 11.6 Å². The number of nitrogens with zero attached hydrogens (tertiary/aromatic N) is 4. The second-order valence-electron chi connectivity index (χ2n) is 10.2. The lowest BCUT2D eigenvalue weighted by Gasteiger charge is -2.33. The van der Waals surface area contributed by atoms with Crippen molar-refractivity contribution in [3.63, 3.8) is 0 Å². The summed E-state index contributed by atoms with van der Waals surface area (Å²) in [4.78, 5) is 21.4. The normalized spacial score (nSPS) is 15.8. The summed E-state index contributed by atoms with van der Waals surface area (Å²) >= 11 is 6.33. The zero-order valence-corrected chi connectivity index (χ0v) is 23.4. The van der Waals surface area contributed by atoms with Gasteiger partial charge in [-0.1, -0.05) is 29.5 Å². The van der Waals surface area contributed by atoms with Crippen molar-refractivity contribution in [2.24, 2.45) is 0 Å². The predicted octanol–water partition coefficient (Wildman–Crippen LogP) is 5.22. The van der Waals surface area contributed by atoms with Gasteiger partial charge in [0.25, 0.3) is 5.91 Å². The molecule has 2 aliphatic heterocycles. The number of carbonyl (C=O) groups excluding carboxylic acids is 1.